The first-order valence-electron chi connectivity index (χ1n) is 9.72. The number of amides is 1. The van der Waals surface area contributed by atoms with Gasteiger partial charge in [0, 0.05) is 42.4 Å². The highest BCUT2D eigenvalue weighted by atomic mass is 16.5. The molecule has 0 atom stereocenters. The van der Waals surface area contributed by atoms with Gasteiger partial charge in [0.05, 0.1) is 25.3 Å². The maximum Gasteiger partial charge on any atom is 0.224 e. The van der Waals surface area contributed by atoms with E-state index in [2.05, 4.69) is 9.88 Å². The number of carbonyl (C=O) groups excluding carboxylic acids is 1. The highest BCUT2D eigenvalue weighted by Crippen LogP contribution is 2.26. The second-order valence-electron chi connectivity index (χ2n) is 6.84. The Balaban J connectivity index is 1.55. The third-order valence-electron chi connectivity index (χ3n) is 4.86. The van der Waals surface area contributed by atoms with Crippen LogP contribution in [0.2, 0.25) is 0 Å². The molecular formula is C24H23N3O3. The molecule has 0 aliphatic carbocycles. The van der Waals surface area contributed by atoms with Gasteiger partial charge in [0.25, 0.3) is 0 Å². The number of hydrogen-bond donors (Lipinski definition) is 1. The lowest BCUT2D eigenvalue weighted by atomic mass is 10.2. The number of para-hydroxylation sites is 3. The summed E-state index contributed by atoms with van der Waals surface area (Å²) in [6.07, 6.45) is 0.812. The molecule has 3 aromatic carbocycles. The number of carbonyl (C=O) groups is 1. The van der Waals surface area contributed by atoms with Crippen molar-refractivity contribution in [3.8, 4) is 17.2 Å². The zero-order chi connectivity index (χ0) is 20.9. The lowest BCUT2D eigenvalue weighted by Gasteiger charge is -2.11. The van der Waals surface area contributed by atoms with E-state index >= 15 is 0 Å². The summed E-state index contributed by atoms with van der Waals surface area (Å²) in [6, 6.07) is 23.3. The van der Waals surface area contributed by atoms with Crippen LogP contribution in [-0.4, -0.2) is 29.7 Å². The van der Waals surface area contributed by atoms with Crippen LogP contribution < -0.4 is 14.8 Å². The van der Waals surface area contributed by atoms with Crippen molar-refractivity contribution in [2.75, 3.05) is 19.5 Å². The van der Waals surface area contributed by atoms with Gasteiger partial charge in [-0.3, -0.25) is 9.36 Å². The number of nitrogens with one attached hydrogen (secondary N) is 1. The second kappa shape index (κ2) is 8.69. The van der Waals surface area contributed by atoms with Crippen molar-refractivity contribution in [1.29, 1.82) is 0 Å². The molecule has 0 saturated carbocycles. The van der Waals surface area contributed by atoms with E-state index in [4.69, 9.17) is 14.5 Å². The predicted octanol–water partition coefficient (Wildman–Crippen LogP) is 4.61. The van der Waals surface area contributed by atoms with Crippen LogP contribution in [0.4, 0.5) is 5.69 Å². The van der Waals surface area contributed by atoms with E-state index in [9.17, 15) is 4.79 Å². The number of nitrogens with zero attached hydrogens (tertiary/aromatic N) is 2. The third-order valence-corrected chi connectivity index (χ3v) is 4.86. The lowest BCUT2D eigenvalue weighted by molar-refractivity contribution is -0.116. The van der Waals surface area contributed by atoms with Crippen LogP contribution in [-0.2, 0) is 11.2 Å². The van der Waals surface area contributed by atoms with Crippen molar-refractivity contribution in [2.24, 2.45) is 0 Å². The normalized spacial score (nSPS) is 10.7. The molecule has 4 aromatic rings. The Bertz CT molecular complexity index is 1150. The molecule has 1 aromatic heterocycles. The first kappa shape index (κ1) is 19.5. The molecule has 6 heteroatoms. The van der Waals surface area contributed by atoms with E-state index in [0.717, 1.165) is 22.5 Å². The number of fused-ring (bicyclic) bond motifs is 1. The molecule has 0 bridgehead atoms. The summed E-state index contributed by atoms with van der Waals surface area (Å²) in [4.78, 5) is 17.4. The molecule has 0 fully saturated rings. The van der Waals surface area contributed by atoms with E-state index in [1.165, 1.54) is 0 Å². The fourth-order valence-corrected chi connectivity index (χ4v) is 3.44. The zero-order valence-electron chi connectivity index (χ0n) is 17.0. The third kappa shape index (κ3) is 4.12. The molecule has 152 valence electrons. The Labute approximate surface area is 175 Å². The molecule has 0 unspecified atom stereocenters. The summed E-state index contributed by atoms with van der Waals surface area (Å²) in [7, 11) is 3.16. The Morgan fingerprint density at radius 3 is 2.30 bits per heavy atom. The number of ether oxygens (including phenoxy) is 2. The van der Waals surface area contributed by atoms with Gasteiger partial charge in [-0.2, -0.15) is 0 Å². The maximum absolute atomic E-state index is 12.6. The Morgan fingerprint density at radius 1 is 0.933 bits per heavy atom. The van der Waals surface area contributed by atoms with Crippen LogP contribution in [0.1, 0.15) is 12.2 Å². The molecule has 4 rings (SSSR count). The average molecular weight is 401 g/mol. The smallest absolute Gasteiger partial charge is 0.224 e. The summed E-state index contributed by atoms with van der Waals surface area (Å²) in [5.41, 5.74) is 3.60. The van der Waals surface area contributed by atoms with E-state index in [1.807, 2.05) is 54.6 Å². The monoisotopic (exact) mass is 401 g/mol. The van der Waals surface area contributed by atoms with E-state index in [-0.39, 0.29) is 5.91 Å². The van der Waals surface area contributed by atoms with Crippen molar-refractivity contribution >= 4 is 22.6 Å². The standard InChI is InChI=1S/C24H23N3O3/c1-29-19-14-17(15-20(16-19)30-2)25-24(28)13-12-23-26-21-10-6-7-11-22(21)27(23)18-8-4-3-5-9-18/h3-11,14-16H,12-13H2,1-2H3,(H,25,28). The highest BCUT2D eigenvalue weighted by molar-refractivity contribution is 5.91. The van der Waals surface area contributed by atoms with Crippen molar-refractivity contribution in [2.45, 2.75) is 12.8 Å². The number of rotatable bonds is 7. The number of hydrogen-bond acceptors (Lipinski definition) is 4. The molecule has 0 radical (unpaired) electrons. The summed E-state index contributed by atoms with van der Waals surface area (Å²) in [5.74, 6) is 1.99. The van der Waals surface area contributed by atoms with Crippen LogP contribution in [0.3, 0.4) is 0 Å². The molecule has 1 N–H and O–H groups in total. The van der Waals surface area contributed by atoms with Crippen molar-refractivity contribution in [1.82, 2.24) is 9.55 Å². The zero-order valence-corrected chi connectivity index (χ0v) is 17.0. The van der Waals surface area contributed by atoms with Gasteiger partial charge in [-0.15, -0.1) is 0 Å². The fraction of sp³-hybridized carbons (Fsp3) is 0.167. The summed E-state index contributed by atoms with van der Waals surface area (Å²) >= 11 is 0. The van der Waals surface area contributed by atoms with E-state index < -0.39 is 0 Å². The molecule has 0 aliphatic rings. The highest BCUT2D eigenvalue weighted by Gasteiger charge is 2.14. The lowest BCUT2D eigenvalue weighted by Crippen LogP contribution is -2.14. The summed E-state index contributed by atoms with van der Waals surface area (Å²) < 4.78 is 12.6. The van der Waals surface area contributed by atoms with Crippen LogP contribution in [0.15, 0.2) is 72.8 Å². The van der Waals surface area contributed by atoms with Gasteiger partial charge in [0.1, 0.15) is 17.3 Å². The van der Waals surface area contributed by atoms with Gasteiger partial charge >= 0.3 is 0 Å². The van der Waals surface area contributed by atoms with Crippen LogP contribution in [0.25, 0.3) is 16.7 Å². The molecule has 1 heterocycles. The molecule has 1 amide bonds. The van der Waals surface area contributed by atoms with Crippen molar-refractivity contribution in [3.63, 3.8) is 0 Å². The van der Waals surface area contributed by atoms with Gasteiger partial charge in [-0.1, -0.05) is 30.3 Å². The minimum atomic E-state index is -0.100. The van der Waals surface area contributed by atoms with Crippen LogP contribution in [0.5, 0.6) is 11.5 Å². The van der Waals surface area contributed by atoms with Crippen LogP contribution in [0, 0.1) is 0 Å². The number of anilines is 1. The molecule has 6 nitrogen and oxygen atoms in total. The molecule has 0 spiro atoms. The maximum atomic E-state index is 12.6. The number of imidazole rings is 1. The van der Waals surface area contributed by atoms with Crippen molar-refractivity contribution < 1.29 is 14.3 Å². The second-order valence-corrected chi connectivity index (χ2v) is 6.84. The Hall–Kier alpha value is -3.80. The molecule has 0 aliphatic heterocycles. The molecule has 30 heavy (non-hydrogen) atoms. The summed E-state index contributed by atoms with van der Waals surface area (Å²) in [5, 5.41) is 2.92. The van der Waals surface area contributed by atoms with Gasteiger partial charge in [0.15, 0.2) is 0 Å². The fourth-order valence-electron chi connectivity index (χ4n) is 3.44. The number of aryl methyl sites for hydroxylation is 1. The molecular weight excluding hydrogens is 378 g/mol. The first-order valence-corrected chi connectivity index (χ1v) is 9.72. The van der Waals surface area contributed by atoms with Gasteiger partial charge in [-0.25, -0.2) is 4.98 Å². The minimum absolute atomic E-state index is 0.100. The Morgan fingerprint density at radius 2 is 1.60 bits per heavy atom. The summed E-state index contributed by atoms with van der Waals surface area (Å²) in [6.45, 7) is 0. The van der Waals surface area contributed by atoms with Gasteiger partial charge in [-0.05, 0) is 24.3 Å². The SMILES string of the molecule is COc1cc(NC(=O)CCc2nc3ccccc3n2-c2ccccc2)cc(OC)c1. The number of aromatic nitrogens is 2. The minimum Gasteiger partial charge on any atom is -0.497 e. The van der Waals surface area contributed by atoms with E-state index in [1.54, 1.807) is 32.4 Å². The Kier molecular flexibility index (Phi) is 5.66. The van der Waals surface area contributed by atoms with Gasteiger partial charge in [0.2, 0.25) is 5.91 Å². The number of benzene rings is 3. The van der Waals surface area contributed by atoms with Crippen molar-refractivity contribution in [3.05, 3.63) is 78.6 Å². The topological polar surface area (TPSA) is 65.4 Å². The average Bonchev–Trinajstić information content (AvgIpc) is 3.16. The van der Waals surface area contributed by atoms with Gasteiger partial charge < -0.3 is 14.8 Å². The first-order chi connectivity index (χ1) is 14.7. The van der Waals surface area contributed by atoms with Crippen LogP contribution >= 0.6 is 0 Å². The largest absolute Gasteiger partial charge is 0.497 e. The number of methoxy groups -OCH3 is 2. The predicted molar refractivity (Wildman–Crippen MR) is 118 cm³/mol. The molecule has 0 saturated heterocycles. The van der Waals surface area contributed by atoms with E-state index in [0.29, 0.717) is 30.0 Å². The quantitative estimate of drug-likeness (QED) is 0.491.